The second kappa shape index (κ2) is 5.25. The van der Waals surface area contributed by atoms with Crippen LogP contribution in [-0.2, 0) is 6.54 Å². The predicted octanol–water partition coefficient (Wildman–Crippen LogP) is 2.79. The number of hydrogen-bond donors (Lipinski definition) is 1. The Hall–Kier alpha value is -0.450. The first kappa shape index (κ1) is 13.6. The Morgan fingerprint density at radius 1 is 1.44 bits per heavy atom. The molecule has 0 unspecified atom stereocenters. The van der Waals surface area contributed by atoms with E-state index in [4.69, 9.17) is 0 Å². The molecule has 0 fully saturated rings. The average Bonchev–Trinajstić information content (AvgIpc) is 2.23. The lowest BCUT2D eigenvalue weighted by Crippen LogP contribution is -2.43. The van der Waals surface area contributed by atoms with Gasteiger partial charge in [-0.05, 0) is 39.1 Å². The smallest absolute Gasteiger partial charge is 0.127 e. The van der Waals surface area contributed by atoms with E-state index in [1.807, 2.05) is 25.8 Å². The highest BCUT2D eigenvalue weighted by Gasteiger charge is 2.23. The van der Waals surface area contributed by atoms with Gasteiger partial charge in [0.15, 0.2) is 0 Å². The van der Waals surface area contributed by atoms with Crippen LogP contribution in [-0.4, -0.2) is 29.2 Å². The number of halogens is 2. The van der Waals surface area contributed by atoms with Gasteiger partial charge in [0.2, 0.25) is 0 Å². The van der Waals surface area contributed by atoms with Gasteiger partial charge in [-0.2, -0.15) is 0 Å². The van der Waals surface area contributed by atoms with Crippen molar-refractivity contribution in [3.63, 3.8) is 0 Å². The first-order chi connectivity index (χ1) is 7.36. The fourth-order valence-electron chi connectivity index (χ4n) is 1.25. The van der Waals surface area contributed by atoms with Crippen LogP contribution in [0.4, 0.5) is 4.39 Å². The van der Waals surface area contributed by atoms with Gasteiger partial charge in [-0.15, -0.1) is 0 Å². The monoisotopic (exact) mass is 289 g/mol. The number of aliphatic hydroxyl groups excluding tert-OH is 1. The van der Waals surface area contributed by atoms with Crippen molar-refractivity contribution in [2.45, 2.75) is 25.9 Å². The molecule has 0 spiro atoms. The van der Waals surface area contributed by atoms with Crippen LogP contribution in [0.2, 0.25) is 0 Å². The van der Waals surface area contributed by atoms with Crippen LogP contribution in [0.25, 0.3) is 0 Å². The fraction of sp³-hybridized carbons (Fsp3) is 0.500. The van der Waals surface area contributed by atoms with E-state index >= 15 is 0 Å². The molecule has 0 amide bonds. The quantitative estimate of drug-likeness (QED) is 0.921. The molecule has 1 aromatic carbocycles. The van der Waals surface area contributed by atoms with Gasteiger partial charge in [0.25, 0.3) is 0 Å². The summed E-state index contributed by atoms with van der Waals surface area (Å²) >= 11 is 3.32. The second-order valence-corrected chi connectivity index (χ2v) is 5.48. The Bertz CT molecular complexity index is 368. The Balaban J connectivity index is 2.84. The molecule has 0 aliphatic rings. The maximum Gasteiger partial charge on any atom is 0.127 e. The van der Waals surface area contributed by atoms with Crippen LogP contribution < -0.4 is 0 Å². The van der Waals surface area contributed by atoms with Gasteiger partial charge in [-0.25, -0.2) is 4.39 Å². The number of likely N-dealkylation sites (N-methyl/N-ethyl adjacent to an activating group) is 1. The lowest BCUT2D eigenvalue weighted by molar-refractivity contribution is 0.0725. The molecule has 90 valence electrons. The SMILES string of the molecule is CN(Cc1cc(Br)ccc1F)C(C)(C)CO. The summed E-state index contributed by atoms with van der Waals surface area (Å²) in [6.45, 7) is 4.35. The third-order valence-electron chi connectivity index (χ3n) is 2.84. The van der Waals surface area contributed by atoms with E-state index in [1.165, 1.54) is 6.07 Å². The maximum absolute atomic E-state index is 13.5. The van der Waals surface area contributed by atoms with Crippen LogP contribution in [0.15, 0.2) is 22.7 Å². The lowest BCUT2D eigenvalue weighted by Gasteiger charge is -2.34. The molecule has 0 bridgehead atoms. The van der Waals surface area contributed by atoms with Crippen molar-refractivity contribution < 1.29 is 9.50 Å². The van der Waals surface area contributed by atoms with E-state index in [2.05, 4.69) is 15.9 Å². The average molecular weight is 290 g/mol. The Labute approximate surface area is 104 Å². The molecule has 0 aliphatic heterocycles. The molecule has 0 atom stereocenters. The molecule has 1 rings (SSSR count). The summed E-state index contributed by atoms with van der Waals surface area (Å²) < 4.78 is 14.4. The lowest BCUT2D eigenvalue weighted by atomic mass is 10.0. The Kier molecular flexibility index (Phi) is 4.47. The standard InChI is InChI=1S/C12H17BrFNO/c1-12(2,8-16)15(3)7-9-6-10(13)4-5-11(9)14/h4-6,16H,7-8H2,1-3H3. The third-order valence-corrected chi connectivity index (χ3v) is 3.33. The van der Waals surface area contributed by atoms with Gasteiger partial charge in [-0.3, -0.25) is 4.90 Å². The van der Waals surface area contributed by atoms with E-state index < -0.39 is 0 Å². The van der Waals surface area contributed by atoms with Crippen molar-refractivity contribution >= 4 is 15.9 Å². The largest absolute Gasteiger partial charge is 0.394 e. The summed E-state index contributed by atoms with van der Waals surface area (Å²) in [5.74, 6) is -0.219. The third kappa shape index (κ3) is 3.27. The maximum atomic E-state index is 13.5. The van der Waals surface area contributed by atoms with Crippen molar-refractivity contribution in [1.29, 1.82) is 0 Å². The topological polar surface area (TPSA) is 23.5 Å². The van der Waals surface area contributed by atoms with Gasteiger partial charge in [0.1, 0.15) is 5.82 Å². The van der Waals surface area contributed by atoms with Crippen molar-refractivity contribution in [2.75, 3.05) is 13.7 Å². The molecule has 0 aliphatic carbocycles. The normalized spacial score (nSPS) is 12.2. The molecular formula is C12H17BrFNO. The molecule has 0 saturated carbocycles. The predicted molar refractivity (Wildman–Crippen MR) is 66.7 cm³/mol. The minimum atomic E-state index is -0.352. The summed E-state index contributed by atoms with van der Waals surface area (Å²) in [4.78, 5) is 1.93. The zero-order chi connectivity index (χ0) is 12.3. The van der Waals surface area contributed by atoms with Crippen LogP contribution in [0.3, 0.4) is 0 Å². The van der Waals surface area contributed by atoms with Crippen molar-refractivity contribution in [3.05, 3.63) is 34.1 Å². The minimum absolute atomic E-state index is 0.0408. The summed E-state index contributed by atoms with van der Waals surface area (Å²) in [5, 5.41) is 9.22. The summed E-state index contributed by atoms with van der Waals surface area (Å²) in [7, 11) is 1.87. The molecule has 0 heterocycles. The first-order valence-electron chi connectivity index (χ1n) is 5.13. The molecule has 0 aromatic heterocycles. The zero-order valence-corrected chi connectivity index (χ0v) is 11.4. The Morgan fingerprint density at radius 3 is 2.62 bits per heavy atom. The minimum Gasteiger partial charge on any atom is -0.394 e. The molecule has 0 radical (unpaired) electrons. The highest BCUT2D eigenvalue weighted by molar-refractivity contribution is 9.10. The van der Waals surface area contributed by atoms with Crippen molar-refractivity contribution in [3.8, 4) is 0 Å². The van der Waals surface area contributed by atoms with Crippen molar-refractivity contribution in [1.82, 2.24) is 4.90 Å². The highest BCUT2D eigenvalue weighted by Crippen LogP contribution is 2.20. The van der Waals surface area contributed by atoms with Gasteiger partial charge >= 0.3 is 0 Å². The van der Waals surface area contributed by atoms with E-state index in [1.54, 1.807) is 12.1 Å². The second-order valence-electron chi connectivity index (χ2n) is 4.56. The van der Waals surface area contributed by atoms with Crippen molar-refractivity contribution in [2.24, 2.45) is 0 Å². The summed E-state index contributed by atoms with van der Waals surface area (Å²) in [6.07, 6.45) is 0. The molecule has 1 aromatic rings. The number of rotatable bonds is 4. The van der Waals surface area contributed by atoms with Gasteiger partial charge < -0.3 is 5.11 Å². The fourth-order valence-corrected chi connectivity index (χ4v) is 1.66. The number of benzene rings is 1. The van der Waals surface area contributed by atoms with Crippen LogP contribution in [0.1, 0.15) is 19.4 Å². The van der Waals surface area contributed by atoms with E-state index in [-0.39, 0.29) is 18.0 Å². The molecule has 0 saturated heterocycles. The van der Waals surface area contributed by atoms with Gasteiger partial charge in [-0.1, -0.05) is 15.9 Å². The number of nitrogens with zero attached hydrogens (tertiary/aromatic N) is 1. The highest BCUT2D eigenvalue weighted by atomic mass is 79.9. The number of hydrogen-bond acceptors (Lipinski definition) is 2. The molecule has 4 heteroatoms. The van der Waals surface area contributed by atoms with E-state index in [0.717, 1.165) is 4.47 Å². The molecule has 1 N–H and O–H groups in total. The Morgan fingerprint density at radius 2 is 2.06 bits per heavy atom. The number of aliphatic hydroxyl groups is 1. The van der Waals surface area contributed by atoms with Crippen LogP contribution in [0, 0.1) is 5.82 Å². The first-order valence-corrected chi connectivity index (χ1v) is 5.92. The zero-order valence-electron chi connectivity index (χ0n) is 9.80. The van der Waals surface area contributed by atoms with E-state index in [0.29, 0.717) is 12.1 Å². The van der Waals surface area contributed by atoms with Gasteiger partial charge in [0.05, 0.1) is 6.61 Å². The van der Waals surface area contributed by atoms with Gasteiger partial charge in [0, 0.05) is 22.1 Å². The van der Waals surface area contributed by atoms with E-state index in [9.17, 15) is 9.50 Å². The molecule has 2 nitrogen and oxygen atoms in total. The molecular weight excluding hydrogens is 273 g/mol. The summed E-state index contributed by atoms with van der Waals surface area (Å²) in [6, 6.07) is 4.88. The van der Waals surface area contributed by atoms with Crippen LogP contribution in [0.5, 0.6) is 0 Å². The summed E-state index contributed by atoms with van der Waals surface area (Å²) in [5.41, 5.74) is 0.271. The van der Waals surface area contributed by atoms with Crippen LogP contribution >= 0.6 is 15.9 Å². The molecule has 16 heavy (non-hydrogen) atoms.